The van der Waals surface area contributed by atoms with Crippen LogP contribution in [-0.2, 0) is 71.0 Å². The molecule has 1 aliphatic heterocycles. The molecule has 0 bridgehead atoms. The molecule has 0 spiro atoms. The quantitative estimate of drug-likeness (QED) is 0.0385. The van der Waals surface area contributed by atoms with E-state index in [1.165, 1.54) is 116 Å². The van der Waals surface area contributed by atoms with Crippen LogP contribution in [-0.4, -0.2) is 62.0 Å². The summed E-state index contributed by atoms with van der Waals surface area (Å²) in [4.78, 5) is 14.2. The third-order valence-electron chi connectivity index (χ3n) is 16.2. The third-order valence-corrected chi connectivity index (χ3v) is 16.2. The number of amides is 1. The molecular weight excluding hydrogens is 1030 g/mol. The van der Waals surface area contributed by atoms with Gasteiger partial charge in [-0.3, -0.25) is 4.79 Å². The first-order valence-corrected chi connectivity index (χ1v) is 32.9. The number of nitrogens with one attached hydrogen (secondary N) is 1. The maximum Gasteiger partial charge on any atom is 0.220 e. The van der Waals surface area contributed by atoms with E-state index in [0.29, 0.717) is 39.5 Å². The summed E-state index contributed by atoms with van der Waals surface area (Å²) in [5, 5.41) is 3.47. The number of ether oxygens (including phenoxy) is 7. The molecule has 1 aliphatic rings. The molecule has 1 heterocycles. The van der Waals surface area contributed by atoms with Gasteiger partial charge in [0.05, 0.1) is 58.4 Å². The van der Waals surface area contributed by atoms with Crippen LogP contribution in [0.5, 0.6) is 0 Å². The van der Waals surface area contributed by atoms with Crippen LogP contribution in [0.1, 0.15) is 215 Å². The lowest BCUT2D eigenvalue weighted by Gasteiger charge is -2.46. The molecule has 0 aromatic heterocycles. The van der Waals surface area contributed by atoms with E-state index in [0.717, 1.165) is 79.2 Å². The lowest BCUT2D eigenvalue weighted by molar-refractivity contribution is -0.329. The van der Waals surface area contributed by atoms with Crippen LogP contribution >= 0.6 is 0 Å². The zero-order valence-electron chi connectivity index (χ0n) is 51.3. The number of carbonyl (C=O) groups excluding carboxylic acids is 1. The van der Waals surface area contributed by atoms with E-state index in [2.05, 4.69) is 79.8 Å². The predicted octanol–water partition coefficient (Wildman–Crippen LogP) is 18.3. The summed E-state index contributed by atoms with van der Waals surface area (Å²) < 4.78 is 48.6. The Bertz CT molecular complexity index is 2290. The number of carbonyl (C=O) groups is 1. The molecule has 0 radical (unpaired) electrons. The first-order valence-electron chi connectivity index (χ1n) is 32.9. The normalized spacial score (nSPS) is 17.8. The molecule has 1 saturated heterocycles. The Hall–Kier alpha value is -4.71. The van der Waals surface area contributed by atoms with Gasteiger partial charge in [-0.05, 0) is 40.7 Å². The second-order valence-corrected chi connectivity index (χ2v) is 23.3. The molecule has 0 saturated carbocycles. The molecule has 5 aromatic rings. The molecule has 9 nitrogen and oxygen atoms in total. The molecule has 1 amide bonds. The fourth-order valence-electron chi connectivity index (χ4n) is 11.3. The topological polar surface area (TPSA) is 93.7 Å². The second kappa shape index (κ2) is 43.8. The first-order chi connectivity index (χ1) is 41.1. The lowest BCUT2D eigenvalue weighted by Crippen LogP contribution is -2.62. The summed E-state index contributed by atoms with van der Waals surface area (Å²) >= 11 is 0. The van der Waals surface area contributed by atoms with Gasteiger partial charge in [0.25, 0.3) is 0 Å². The molecule has 5 aromatic carbocycles. The highest BCUT2D eigenvalue weighted by Crippen LogP contribution is 2.32. The monoisotopic (exact) mass is 1140 g/mol. The van der Waals surface area contributed by atoms with Crippen molar-refractivity contribution < 1.29 is 38.0 Å². The van der Waals surface area contributed by atoms with E-state index in [-0.39, 0.29) is 25.2 Å². The summed E-state index contributed by atoms with van der Waals surface area (Å²) in [6.45, 7) is 6.63. The van der Waals surface area contributed by atoms with Gasteiger partial charge in [0.15, 0.2) is 6.29 Å². The molecule has 456 valence electrons. The Morgan fingerprint density at radius 1 is 0.410 bits per heavy atom. The highest BCUT2D eigenvalue weighted by molar-refractivity contribution is 5.76. The van der Waals surface area contributed by atoms with Crippen molar-refractivity contribution in [3.05, 3.63) is 179 Å². The van der Waals surface area contributed by atoms with Crippen LogP contribution in [0, 0.1) is 0 Å². The molecule has 7 atom stereocenters. The van der Waals surface area contributed by atoms with Gasteiger partial charge in [-0.2, -0.15) is 0 Å². The van der Waals surface area contributed by atoms with Crippen LogP contribution in [0.4, 0.5) is 0 Å². The van der Waals surface area contributed by atoms with Gasteiger partial charge in [-0.1, -0.05) is 320 Å². The van der Waals surface area contributed by atoms with Crippen molar-refractivity contribution >= 4 is 5.91 Å². The average molecular weight is 1140 g/mol. The summed E-state index contributed by atoms with van der Waals surface area (Å²) in [6.07, 6.45) is 29.6. The molecule has 6 rings (SSSR count). The zero-order chi connectivity index (χ0) is 57.9. The van der Waals surface area contributed by atoms with Crippen LogP contribution in [0.2, 0.25) is 0 Å². The number of unbranched alkanes of at least 4 members (excludes halogenated alkanes) is 23. The van der Waals surface area contributed by atoms with Crippen molar-refractivity contribution in [3.63, 3.8) is 0 Å². The smallest absolute Gasteiger partial charge is 0.220 e. The number of hydrogen-bond donors (Lipinski definition) is 1. The maximum absolute atomic E-state index is 14.2. The van der Waals surface area contributed by atoms with Crippen molar-refractivity contribution in [2.45, 2.75) is 263 Å². The van der Waals surface area contributed by atoms with Crippen LogP contribution < -0.4 is 5.32 Å². The highest BCUT2D eigenvalue weighted by atomic mass is 16.7. The van der Waals surface area contributed by atoms with Crippen LogP contribution in [0.15, 0.2) is 152 Å². The largest absolute Gasteiger partial charge is 0.374 e. The van der Waals surface area contributed by atoms with Crippen molar-refractivity contribution in [1.82, 2.24) is 5.32 Å². The van der Waals surface area contributed by atoms with Gasteiger partial charge in [0.2, 0.25) is 5.91 Å². The highest BCUT2D eigenvalue weighted by Gasteiger charge is 2.49. The maximum atomic E-state index is 14.2. The number of benzene rings is 5. The molecule has 83 heavy (non-hydrogen) atoms. The first kappa shape index (κ1) is 67.4. The molecule has 0 aliphatic carbocycles. The van der Waals surface area contributed by atoms with Gasteiger partial charge in [-0.15, -0.1) is 0 Å². The van der Waals surface area contributed by atoms with Crippen molar-refractivity contribution in [2.24, 2.45) is 0 Å². The molecule has 0 unspecified atom stereocenters. The SMILES string of the molecule is CCCCCCCCCCCCCCCCCCCCCCCC(=O)N[C@@H](CO[C@H]1O[C@H](COCc2ccccc2)[C@H](OCc2ccccc2)[C@H](OCc2ccccc2)[C@H]1OCc1ccccc1)[C@@H](CCCCCC)OCc1ccccc1. The Morgan fingerprint density at radius 3 is 1.20 bits per heavy atom. The molecule has 1 fully saturated rings. The van der Waals surface area contributed by atoms with Gasteiger partial charge in [0, 0.05) is 6.42 Å². The summed E-state index contributed by atoms with van der Waals surface area (Å²) in [6, 6.07) is 50.6. The Morgan fingerprint density at radius 2 is 0.771 bits per heavy atom. The Kier molecular flexibility index (Phi) is 35.6. The van der Waals surface area contributed by atoms with E-state index in [9.17, 15) is 4.79 Å². The van der Waals surface area contributed by atoms with Gasteiger partial charge in [-0.25, -0.2) is 0 Å². The fourth-order valence-corrected chi connectivity index (χ4v) is 11.3. The fraction of sp³-hybridized carbons (Fsp3) is 0.581. The average Bonchev–Trinajstić information content (AvgIpc) is 3.72. The van der Waals surface area contributed by atoms with Crippen LogP contribution in [0.25, 0.3) is 0 Å². The van der Waals surface area contributed by atoms with Crippen molar-refractivity contribution in [1.29, 1.82) is 0 Å². The van der Waals surface area contributed by atoms with Crippen LogP contribution in [0.3, 0.4) is 0 Å². The third kappa shape index (κ3) is 28.8. The van der Waals surface area contributed by atoms with E-state index in [1.54, 1.807) is 0 Å². The molecule has 1 N–H and O–H groups in total. The minimum absolute atomic E-state index is 0.0188. The van der Waals surface area contributed by atoms with E-state index >= 15 is 0 Å². The lowest BCUT2D eigenvalue weighted by atomic mass is 9.97. The van der Waals surface area contributed by atoms with Gasteiger partial charge in [0.1, 0.15) is 24.4 Å². The predicted molar refractivity (Wildman–Crippen MR) is 339 cm³/mol. The summed E-state index contributed by atoms with van der Waals surface area (Å²) in [7, 11) is 0. The van der Waals surface area contributed by atoms with Crippen molar-refractivity contribution in [3.8, 4) is 0 Å². The molecule has 9 heteroatoms. The molecular formula is C74H107NO8. The second-order valence-electron chi connectivity index (χ2n) is 23.3. The Labute approximate surface area is 502 Å². The standard InChI is InChI=1S/C74H107NO8/c1-3-5-7-9-10-11-12-13-14-15-16-17-18-19-20-21-22-23-24-25-42-54-70(76)75-67(68(53-41-8-6-4-2)78-56-63-45-33-27-34-46-63)60-82-74-73(81-59-66-51-39-30-40-52-66)72(80-58-65-49-37-29-38-50-65)71(79-57-64-47-35-28-36-48-64)69(83-74)61-77-55-62-43-31-26-32-44-62/h26-40,43-52,67-69,71-74H,3-25,41-42,53-61H2,1-2H3,(H,75,76)/t67-,68+,69+,71-,72-,73+,74-/m0/s1. The number of hydrogen-bond acceptors (Lipinski definition) is 8. The van der Waals surface area contributed by atoms with Crippen molar-refractivity contribution in [2.75, 3.05) is 13.2 Å². The van der Waals surface area contributed by atoms with E-state index in [1.807, 2.05) is 91.0 Å². The zero-order valence-corrected chi connectivity index (χ0v) is 51.3. The van der Waals surface area contributed by atoms with Gasteiger partial charge >= 0.3 is 0 Å². The van der Waals surface area contributed by atoms with Gasteiger partial charge < -0.3 is 38.5 Å². The summed E-state index contributed by atoms with van der Waals surface area (Å²) in [5.74, 6) is 0.0188. The number of rotatable bonds is 48. The summed E-state index contributed by atoms with van der Waals surface area (Å²) in [5.41, 5.74) is 5.21. The minimum Gasteiger partial charge on any atom is -0.374 e. The minimum atomic E-state index is -0.926. The van der Waals surface area contributed by atoms with E-state index < -0.39 is 36.7 Å². The van der Waals surface area contributed by atoms with E-state index in [4.69, 9.17) is 33.2 Å². The Balaban J connectivity index is 1.12.